The van der Waals surface area contributed by atoms with Gasteiger partial charge in [-0.15, -0.1) is 11.3 Å². The molecule has 0 spiro atoms. The zero-order valence-electron chi connectivity index (χ0n) is 14.4. The summed E-state index contributed by atoms with van der Waals surface area (Å²) in [4.78, 5) is 14.3. The van der Waals surface area contributed by atoms with Gasteiger partial charge in [0.05, 0.1) is 17.7 Å². The fourth-order valence-corrected chi connectivity index (χ4v) is 3.74. The molecule has 0 radical (unpaired) electrons. The summed E-state index contributed by atoms with van der Waals surface area (Å²) >= 11 is 1.58. The van der Waals surface area contributed by atoms with Gasteiger partial charge in [-0.2, -0.15) is 0 Å². The fourth-order valence-electron chi connectivity index (χ4n) is 2.03. The third kappa shape index (κ3) is 4.68. The molecule has 0 fully saturated rings. The predicted molar refractivity (Wildman–Crippen MR) is 101 cm³/mol. The highest BCUT2D eigenvalue weighted by Gasteiger charge is 2.19. The lowest BCUT2D eigenvalue weighted by Gasteiger charge is -2.14. The van der Waals surface area contributed by atoms with Crippen molar-refractivity contribution >= 4 is 39.0 Å². The van der Waals surface area contributed by atoms with Crippen molar-refractivity contribution in [3.8, 4) is 5.75 Å². The Kier molecular flexibility index (Phi) is 5.99. The van der Waals surface area contributed by atoms with Crippen LogP contribution in [0.25, 0.3) is 6.08 Å². The molecule has 0 aliphatic heterocycles. The molecule has 1 N–H and O–H groups in total. The van der Waals surface area contributed by atoms with Gasteiger partial charge < -0.3 is 10.1 Å². The van der Waals surface area contributed by atoms with Crippen LogP contribution in [0.5, 0.6) is 5.75 Å². The SMILES string of the molecule is COc1ccc(S(=O)(=O)N(C)C)cc1NC(=O)/C=C/c1ccc(C)s1. The Bertz CT molecular complexity index is 899. The molecule has 6 nitrogen and oxygen atoms in total. The summed E-state index contributed by atoms with van der Waals surface area (Å²) in [5.74, 6) is 0.00942. The second-order valence-corrected chi connectivity index (χ2v) is 8.89. The van der Waals surface area contributed by atoms with Crippen molar-refractivity contribution in [3.05, 3.63) is 46.2 Å². The zero-order valence-corrected chi connectivity index (χ0v) is 16.1. The maximum Gasteiger partial charge on any atom is 0.248 e. The molecule has 0 saturated heterocycles. The van der Waals surface area contributed by atoms with Gasteiger partial charge in [-0.3, -0.25) is 4.79 Å². The van der Waals surface area contributed by atoms with Crippen molar-refractivity contribution in [3.63, 3.8) is 0 Å². The number of carbonyl (C=O) groups is 1. The highest BCUT2D eigenvalue weighted by Crippen LogP contribution is 2.28. The van der Waals surface area contributed by atoms with Crippen molar-refractivity contribution < 1.29 is 17.9 Å². The summed E-state index contributed by atoms with van der Waals surface area (Å²) in [5, 5.41) is 2.66. The van der Waals surface area contributed by atoms with E-state index < -0.39 is 10.0 Å². The van der Waals surface area contributed by atoms with E-state index >= 15 is 0 Å². The predicted octanol–water partition coefficient (Wildman–Crippen LogP) is 2.97. The van der Waals surface area contributed by atoms with Gasteiger partial charge in [-0.1, -0.05) is 0 Å². The van der Waals surface area contributed by atoms with Gasteiger partial charge in [0, 0.05) is 29.9 Å². The van der Waals surface area contributed by atoms with Gasteiger partial charge in [0.2, 0.25) is 15.9 Å². The number of sulfonamides is 1. The number of amides is 1. The number of methoxy groups -OCH3 is 1. The molecule has 0 bridgehead atoms. The number of anilines is 1. The molecule has 0 aliphatic carbocycles. The zero-order chi connectivity index (χ0) is 18.6. The molecule has 1 aromatic heterocycles. The molecular formula is C17H20N2O4S2. The lowest BCUT2D eigenvalue weighted by molar-refractivity contribution is -0.111. The maximum atomic E-state index is 12.2. The molecule has 0 unspecified atom stereocenters. The van der Waals surface area contributed by atoms with Crippen LogP contribution in [-0.4, -0.2) is 39.8 Å². The van der Waals surface area contributed by atoms with Crippen molar-refractivity contribution in [2.24, 2.45) is 0 Å². The normalized spacial score (nSPS) is 11.9. The van der Waals surface area contributed by atoms with E-state index in [9.17, 15) is 13.2 Å². The lowest BCUT2D eigenvalue weighted by atomic mass is 10.3. The molecular weight excluding hydrogens is 360 g/mol. The molecule has 134 valence electrons. The van der Waals surface area contributed by atoms with Gasteiger partial charge in [-0.25, -0.2) is 12.7 Å². The average Bonchev–Trinajstić information content (AvgIpc) is 2.98. The number of carbonyl (C=O) groups excluding carboxylic acids is 1. The van der Waals surface area contributed by atoms with E-state index in [1.807, 2.05) is 19.1 Å². The standard InChI is InChI=1S/C17H20N2O4S2/c1-12-5-6-13(24-12)7-10-17(20)18-15-11-14(8-9-16(15)23-4)25(21,22)19(2)3/h5-11H,1-4H3,(H,18,20)/b10-7+. The molecule has 1 heterocycles. The Labute approximate surface area is 151 Å². The van der Waals surface area contributed by atoms with Crippen LogP contribution in [0.4, 0.5) is 5.69 Å². The highest BCUT2D eigenvalue weighted by atomic mass is 32.2. The van der Waals surface area contributed by atoms with Crippen molar-refractivity contribution in [1.82, 2.24) is 4.31 Å². The third-order valence-electron chi connectivity index (χ3n) is 3.37. The number of benzene rings is 1. The van der Waals surface area contributed by atoms with Gasteiger partial charge in [-0.05, 0) is 43.3 Å². The first kappa shape index (κ1) is 19.2. The van der Waals surface area contributed by atoms with Crippen molar-refractivity contribution in [2.45, 2.75) is 11.8 Å². The monoisotopic (exact) mass is 380 g/mol. The van der Waals surface area contributed by atoms with Gasteiger partial charge in [0.1, 0.15) is 5.75 Å². The van der Waals surface area contributed by atoms with E-state index in [2.05, 4.69) is 5.32 Å². The minimum atomic E-state index is -3.60. The average molecular weight is 380 g/mol. The molecule has 8 heteroatoms. The minimum absolute atomic E-state index is 0.0754. The van der Waals surface area contributed by atoms with E-state index in [1.54, 1.807) is 17.4 Å². The van der Waals surface area contributed by atoms with E-state index in [0.29, 0.717) is 11.4 Å². The summed E-state index contributed by atoms with van der Waals surface area (Å²) in [6.45, 7) is 1.99. The van der Waals surface area contributed by atoms with E-state index in [-0.39, 0.29) is 10.8 Å². The summed E-state index contributed by atoms with van der Waals surface area (Å²) in [6.07, 6.45) is 3.11. The molecule has 0 saturated carbocycles. The van der Waals surface area contributed by atoms with Crippen LogP contribution in [0, 0.1) is 6.92 Å². The molecule has 2 rings (SSSR count). The topological polar surface area (TPSA) is 75.7 Å². The molecule has 1 amide bonds. The first-order chi connectivity index (χ1) is 11.7. The van der Waals surface area contributed by atoms with E-state index in [1.165, 1.54) is 45.5 Å². The second kappa shape index (κ2) is 7.81. The van der Waals surface area contributed by atoms with Crippen molar-refractivity contribution in [1.29, 1.82) is 0 Å². The Balaban J connectivity index is 2.25. The van der Waals surface area contributed by atoms with E-state index in [0.717, 1.165) is 14.1 Å². The Morgan fingerprint density at radius 3 is 2.52 bits per heavy atom. The Hall–Kier alpha value is -2.16. The van der Waals surface area contributed by atoms with Crippen LogP contribution in [0.3, 0.4) is 0 Å². The maximum absolute atomic E-state index is 12.2. The first-order valence-electron chi connectivity index (χ1n) is 7.40. The number of hydrogen-bond acceptors (Lipinski definition) is 5. The number of nitrogens with one attached hydrogen (secondary N) is 1. The van der Waals surface area contributed by atoms with Crippen LogP contribution < -0.4 is 10.1 Å². The number of ether oxygens (including phenoxy) is 1. The minimum Gasteiger partial charge on any atom is -0.495 e. The Morgan fingerprint density at radius 1 is 1.24 bits per heavy atom. The molecule has 2 aromatic rings. The summed E-state index contributed by atoms with van der Waals surface area (Å²) < 4.78 is 30.8. The summed E-state index contributed by atoms with van der Waals surface area (Å²) in [5.41, 5.74) is 0.294. The van der Waals surface area contributed by atoms with Crippen LogP contribution in [0.2, 0.25) is 0 Å². The van der Waals surface area contributed by atoms with Gasteiger partial charge in [0.15, 0.2) is 0 Å². The van der Waals surface area contributed by atoms with Crippen molar-refractivity contribution in [2.75, 3.05) is 26.5 Å². The number of nitrogens with zero attached hydrogens (tertiary/aromatic N) is 1. The first-order valence-corrected chi connectivity index (χ1v) is 9.66. The Morgan fingerprint density at radius 2 is 1.96 bits per heavy atom. The van der Waals surface area contributed by atoms with E-state index in [4.69, 9.17) is 4.74 Å². The molecule has 0 atom stereocenters. The molecule has 0 aliphatic rings. The van der Waals surface area contributed by atoms with Crippen LogP contribution in [0.1, 0.15) is 9.75 Å². The molecule has 1 aromatic carbocycles. The number of rotatable bonds is 6. The van der Waals surface area contributed by atoms with Crippen LogP contribution in [-0.2, 0) is 14.8 Å². The quantitative estimate of drug-likeness (QED) is 0.782. The number of hydrogen-bond donors (Lipinski definition) is 1. The lowest BCUT2D eigenvalue weighted by Crippen LogP contribution is -2.22. The smallest absolute Gasteiger partial charge is 0.248 e. The molecule has 25 heavy (non-hydrogen) atoms. The highest BCUT2D eigenvalue weighted by molar-refractivity contribution is 7.89. The summed E-state index contributed by atoms with van der Waals surface area (Å²) in [6, 6.07) is 8.23. The van der Waals surface area contributed by atoms with Crippen LogP contribution in [0.15, 0.2) is 41.3 Å². The number of thiophene rings is 1. The largest absolute Gasteiger partial charge is 0.495 e. The summed E-state index contributed by atoms with van der Waals surface area (Å²) in [7, 11) is 0.747. The van der Waals surface area contributed by atoms with Crippen LogP contribution >= 0.6 is 11.3 Å². The van der Waals surface area contributed by atoms with Gasteiger partial charge >= 0.3 is 0 Å². The fraction of sp³-hybridized carbons (Fsp3) is 0.235. The third-order valence-corrected chi connectivity index (χ3v) is 6.14. The van der Waals surface area contributed by atoms with Gasteiger partial charge in [0.25, 0.3) is 0 Å². The second-order valence-electron chi connectivity index (χ2n) is 5.42. The number of aryl methyl sites for hydroxylation is 1.